The van der Waals surface area contributed by atoms with E-state index in [4.69, 9.17) is 9.84 Å². The summed E-state index contributed by atoms with van der Waals surface area (Å²) >= 11 is 1.93. The summed E-state index contributed by atoms with van der Waals surface area (Å²) in [5, 5.41) is 8.92. The number of thioether (sulfide) groups is 1. The summed E-state index contributed by atoms with van der Waals surface area (Å²) in [6.07, 6.45) is 10.0. The molecule has 0 saturated heterocycles. The molecule has 0 bridgehead atoms. The SMILES string of the molecule is CCCCCCCCCCSc1ccc(-c2ccc(O[C@H](C)C(=O)O)cc2)cc1. The van der Waals surface area contributed by atoms with Crippen LogP contribution in [0.4, 0.5) is 0 Å². The van der Waals surface area contributed by atoms with E-state index < -0.39 is 12.1 Å². The van der Waals surface area contributed by atoms with E-state index in [-0.39, 0.29) is 0 Å². The predicted molar refractivity (Wildman–Crippen MR) is 123 cm³/mol. The Morgan fingerprint density at radius 3 is 1.93 bits per heavy atom. The molecule has 4 heteroatoms. The summed E-state index contributed by atoms with van der Waals surface area (Å²) in [4.78, 5) is 12.2. The molecule has 0 unspecified atom stereocenters. The predicted octanol–water partition coefficient (Wildman–Crippen LogP) is 7.44. The molecule has 0 spiro atoms. The third-order valence-corrected chi connectivity index (χ3v) is 6.07. The van der Waals surface area contributed by atoms with Crippen LogP contribution in [0.3, 0.4) is 0 Å². The van der Waals surface area contributed by atoms with Crippen LogP contribution in [0.15, 0.2) is 53.4 Å². The van der Waals surface area contributed by atoms with Crippen LogP contribution in [0.1, 0.15) is 65.2 Å². The second-order valence-corrected chi connectivity index (χ2v) is 8.64. The van der Waals surface area contributed by atoms with E-state index in [0.717, 1.165) is 11.1 Å². The molecule has 2 aromatic carbocycles. The summed E-state index contributed by atoms with van der Waals surface area (Å²) in [5.74, 6) is 0.789. The van der Waals surface area contributed by atoms with Crippen molar-refractivity contribution in [1.29, 1.82) is 0 Å². The first-order chi connectivity index (χ1) is 14.1. The van der Waals surface area contributed by atoms with Crippen molar-refractivity contribution in [3.05, 3.63) is 48.5 Å². The van der Waals surface area contributed by atoms with Crippen molar-refractivity contribution >= 4 is 17.7 Å². The van der Waals surface area contributed by atoms with Crippen molar-refractivity contribution in [1.82, 2.24) is 0 Å². The molecule has 2 rings (SSSR count). The molecular formula is C25H34O3S. The number of unbranched alkanes of at least 4 members (excludes halogenated alkanes) is 7. The van der Waals surface area contributed by atoms with Crippen LogP contribution in [0.2, 0.25) is 0 Å². The zero-order chi connectivity index (χ0) is 20.9. The van der Waals surface area contributed by atoms with Gasteiger partial charge in [0.1, 0.15) is 5.75 Å². The first kappa shape index (κ1) is 23.3. The molecule has 0 aliphatic carbocycles. The number of carboxylic acid groups (broad SMARTS) is 1. The maximum atomic E-state index is 10.9. The van der Waals surface area contributed by atoms with Gasteiger partial charge < -0.3 is 9.84 Å². The number of hydrogen-bond donors (Lipinski definition) is 1. The highest BCUT2D eigenvalue weighted by Crippen LogP contribution is 2.27. The summed E-state index contributed by atoms with van der Waals surface area (Å²) in [6, 6.07) is 16.2. The Labute approximate surface area is 179 Å². The average molecular weight is 415 g/mol. The fraction of sp³-hybridized carbons (Fsp3) is 0.480. The molecule has 0 amide bonds. The minimum Gasteiger partial charge on any atom is -0.479 e. The van der Waals surface area contributed by atoms with Crippen LogP contribution in [0.25, 0.3) is 11.1 Å². The number of benzene rings is 2. The monoisotopic (exact) mass is 414 g/mol. The van der Waals surface area contributed by atoms with Crippen molar-refractivity contribution in [3.63, 3.8) is 0 Å². The Hall–Kier alpha value is -1.94. The van der Waals surface area contributed by atoms with Gasteiger partial charge in [0.05, 0.1) is 0 Å². The topological polar surface area (TPSA) is 46.5 Å². The summed E-state index contributed by atoms with van der Waals surface area (Å²) in [5.41, 5.74) is 2.25. The Kier molecular flexibility index (Phi) is 10.7. The molecule has 2 aromatic rings. The largest absolute Gasteiger partial charge is 0.479 e. The molecule has 0 saturated carbocycles. The quantitative estimate of drug-likeness (QED) is 0.258. The van der Waals surface area contributed by atoms with Crippen LogP contribution in [0, 0.1) is 0 Å². The van der Waals surface area contributed by atoms with E-state index in [9.17, 15) is 4.79 Å². The zero-order valence-electron chi connectivity index (χ0n) is 17.7. The van der Waals surface area contributed by atoms with E-state index in [2.05, 4.69) is 31.2 Å². The molecule has 0 aliphatic heterocycles. The van der Waals surface area contributed by atoms with Gasteiger partial charge in [0.25, 0.3) is 0 Å². The van der Waals surface area contributed by atoms with Crippen molar-refractivity contribution < 1.29 is 14.6 Å². The molecule has 158 valence electrons. The average Bonchev–Trinajstić information content (AvgIpc) is 2.73. The van der Waals surface area contributed by atoms with Gasteiger partial charge in [-0.15, -0.1) is 11.8 Å². The lowest BCUT2D eigenvalue weighted by Gasteiger charge is -2.11. The molecule has 1 N–H and O–H groups in total. The van der Waals surface area contributed by atoms with Gasteiger partial charge >= 0.3 is 5.97 Å². The van der Waals surface area contributed by atoms with Crippen LogP contribution < -0.4 is 4.74 Å². The third-order valence-electron chi connectivity index (χ3n) is 4.97. The van der Waals surface area contributed by atoms with Crippen LogP contribution >= 0.6 is 11.8 Å². The highest BCUT2D eigenvalue weighted by molar-refractivity contribution is 7.99. The summed E-state index contributed by atoms with van der Waals surface area (Å²) in [7, 11) is 0. The van der Waals surface area contributed by atoms with Gasteiger partial charge in [-0.25, -0.2) is 4.79 Å². The smallest absolute Gasteiger partial charge is 0.344 e. The maximum Gasteiger partial charge on any atom is 0.344 e. The molecule has 0 aliphatic rings. The van der Waals surface area contributed by atoms with Gasteiger partial charge in [0, 0.05) is 4.90 Å². The van der Waals surface area contributed by atoms with E-state index in [1.165, 1.54) is 68.9 Å². The molecule has 0 aromatic heterocycles. The number of ether oxygens (including phenoxy) is 1. The first-order valence-electron chi connectivity index (χ1n) is 10.8. The molecule has 0 heterocycles. The normalized spacial score (nSPS) is 11.9. The van der Waals surface area contributed by atoms with Crippen LogP contribution in [-0.2, 0) is 4.79 Å². The van der Waals surface area contributed by atoms with Crippen LogP contribution in [0.5, 0.6) is 5.75 Å². The Bertz CT molecular complexity index is 710. The first-order valence-corrected chi connectivity index (χ1v) is 11.8. The van der Waals surface area contributed by atoms with Gasteiger partial charge in [0.15, 0.2) is 6.10 Å². The number of aliphatic carboxylic acids is 1. The van der Waals surface area contributed by atoms with Crippen molar-refractivity contribution in [2.45, 2.75) is 76.2 Å². The Morgan fingerprint density at radius 2 is 1.38 bits per heavy atom. The second kappa shape index (κ2) is 13.3. The molecule has 1 atom stereocenters. The van der Waals surface area contributed by atoms with Crippen LogP contribution in [-0.4, -0.2) is 22.9 Å². The standard InChI is InChI=1S/C25H34O3S/c1-3-4-5-6-7-8-9-10-19-29-24-17-13-22(14-18-24)21-11-15-23(16-12-21)28-20(2)25(26)27/h11-18,20H,3-10,19H2,1-2H3,(H,26,27)/t20-/m1/s1. The number of carbonyl (C=O) groups is 1. The van der Waals surface area contributed by atoms with Gasteiger partial charge in [-0.2, -0.15) is 0 Å². The number of hydrogen-bond acceptors (Lipinski definition) is 3. The maximum absolute atomic E-state index is 10.9. The van der Waals surface area contributed by atoms with Gasteiger partial charge in [-0.1, -0.05) is 76.1 Å². The Morgan fingerprint density at radius 1 is 0.862 bits per heavy atom. The summed E-state index contributed by atoms with van der Waals surface area (Å²) < 4.78 is 5.38. The second-order valence-electron chi connectivity index (χ2n) is 7.47. The molecule has 29 heavy (non-hydrogen) atoms. The number of rotatable bonds is 14. The van der Waals surface area contributed by atoms with Gasteiger partial charge in [-0.05, 0) is 54.5 Å². The highest BCUT2D eigenvalue weighted by atomic mass is 32.2. The minimum atomic E-state index is -0.964. The van der Waals surface area contributed by atoms with Gasteiger partial charge in [0.2, 0.25) is 0 Å². The molecule has 0 fully saturated rings. The summed E-state index contributed by atoms with van der Waals surface area (Å²) in [6.45, 7) is 3.79. The third kappa shape index (κ3) is 8.95. The fourth-order valence-electron chi connectivity index (χ4n) is 3.15. The fourth-order valence-corrected chi connectivity index (χ4v) is 4.06. The minimum absolute atomic E-state index is 0.571. The lowest BCUT2D eigenvalue weighted by molar-refractivity contribution is -0.144. The Balaban J connectivity index is 1.71. The zero-order valence-corrected chi connectivity index (χ0v) is 18.5. The van der Waals surface area contributed by atoms with Gasteiger partial charge in [-0.3, -0.25) is 0 Å². The lowest BCUT2D eigenvalue weighted by Crippen LogP contribution is -2.22. The molecule has 0 radical (unpaired) electrons. The van der Waals surface area contributed by atoms with E-state index >= 15 is 0 Å². The van der Waals surface area contributed by atoms with E-state index in [1.54, 1.807) is 0 Å². The highest BCUT2D eigenvalue weighted by Gasteiger charge is 2.12. The molecular weight excluding hydrogens is 380 g/mol. The van der Waals surface area contributed by atoms with E-state index in [1.807, 2.05) is 36.0 Å². The lowest BCUT2D eigenvalue weighted by atomic mass is 10.1. The van der Waals surface area contributed by atoms with Crippen molar-refractivity contribution in [2.75, 3.05) is 5.75 Å². The van der Waals surface area contributed by atoms with Crippen molar-refractivity contribution in [3.8, 4) is 16.9 Å². The van der Waals surface area contributed by atoms with E-state index in [0.29, 0.717) is 5.75 Å². The number of carboxylic acids is 1. The molecule has 3 nitrogen and oxygen atoms in total. The van der Waals surface area contributed by atoms with Crippen molar-refractivity contribution in [2.24, 2.45) is 0 Å².